The second kappa shape index (κ2) is 11.8. The van der Waals surface area contributed by atoms with E-state index in [-0.39, 0.29) is 24.0 Å². The molecule has 1 rings (SSSR count). The summed E-state index contributed by atoms with van der Waals surface area (Å²) in [6, 6.07) is 2.09. The molecule has 5 nitrogen and oxygen atoms in total. The number of nitrogens with zero attached hydrogens (tertiary/aromatic N) is 3. The minimum absolute atomic E-state index is 0. The number of rotatable bonds is 9. The van der Waals surface area contributed by atoms with Gasteiger partial charge in [0.15, 0.2) is 5.96 Å². The zero-order valence-electron chi connectivity index (χ0n) is 13.6. The van der Waals surface area contributed by atoms with Gasteiger partial charge in [-0.1, -0.05) is 26.2 Å². The lowest BCUT2D eigenvalue weighted by molar-refractivity contribution is 0.567. The van der Waals surface area contributed by atoms with Crippen LogP contribution in [0.15, 0.2) is 11.1 Å². The summed E-state index contributed by atoms with van der Waals surface area (Å²) in [5.74, 6) is 0.565. The van der Waals surface area contributed by atoms with Crippen molar-refractivity contribution in [1.29, 1.82) is 0 Å². The van der Waals surface area contributed by atoms with Crippen LogP contribution in [0.1, 0.15) is 50.4 Å². The molecule has 21 heavy (non-hydrogen) atoms. The first-order chi connectivity index (χ1) is 9.63. The molecule has 1 aromatic heterocycles. The molecule has 1 aromatic rings. The first-order valence-electron chi connectivity index (χ1n) is 7.68. The Morgan fingerprint density at radius 3 is 2.67 bits per heavy atom. The van der Waals surface area contributed by atoms with Crippen LogP contribution >= 0.6 is 24.0 Å². The zero-order chi connectivity index (χ0) is 14.8. The van der Waals surface area contributed by atoms with Gasteiger partial charge in [-0.15, -0.1) is 24.0 Å². The average Bonchev–Trinajstić information content (AvgIpc) is 2.73. The van der Waals surface area contributed by atoms with Gasteiger partial charge in [0.2, 0.25) is 0 Å². The largest absolute Gasteiger partial charge is 0.370 e. The smallest absolute Gasteiger partial charge is 0.188 e. The number of halogens is 1. The molecule has 0 aromatic carbocycles. The molecule has 0 bridgehead atoms. The predicted molar refractivity (Wildman–Crippen MR) is 100 cm³/mol. The van der Waals surface area contributed by atoms with Gasteiger partial charge in [0.25, 0.3) is 0 Å². The van der Waals surface area contributed by atoms with E-state index in [1.807, 2.05) is 11.6 Å². The summed E-state index contributed by atoms with van der Waals surface area (Å²) in [6.07, 6.45) is 5.93. The number of aryl methyl sites for hydroxylation is 3. The minimum atomic E-state index is 0. The number of nitrogens with two attached hydrogens (primary N) is 1. The molecule has 122 valence electrons. The maximum Gasteiger partial charge on any atom is 0.188 e. The number of hydrogen-bond acceptors (Lipinski definition) is 2. The summed E-state index contributed by atoms with van der Waals surface area (Å²) < 4.78 is 2.03. The highest BCUT2D eigenvalue weighted by Crippen LogP contribution is 2.02. The zero-order valence-corrected chi connectivity index (χ0v) is 15.9. The molecule has 0 saturated heterocycles. The molecular formula is C15H30IN5. The van der Waals surface area contributed by atoms with Gasteiger partial charge >= 0.3 is 0 Å². The van der Waals surface area contributed by atoms with E-state index in [1.54, 1.807) is 0 Å². The van der Waals surface area contributed by atoms with Crippen molar-refractivity contribution in [1.82, 2.24) is 15.1 Å². The van der Waals surface area contributed by atoms with E-state index in [4.69, 9.17) is 5.73 Å². The first-order valence-corrected chi connectivity index (χ1v) is 7.68. The summed E-state index contributed by atoms with van der Waals surface area (Å²) in [5.41, 5.74) is 8.09. The summed E-state index contributed by atoms with van der Waals surface area (Å²) >= 11 is 0. The molecule has 0 radical (unpaired) electrons. The molecule has 1 heterocycles. The number of nitrogens with one attached hydrogen (secondary N) is 1. The van der Waals surface area contributed by atoms with Gasteiger partial charge in [-0.2, -0.15) is 5.10 Å². The Morgan fingerprint density at radius 2 is 2.05 bits per heavy atom. The molecule has 0 unspecified atom stereocenters. The van der Waals surface area contributed by atoms with Crippen molar-refractivity contribution in [3.8, 4) is 0 Å². The second-order valence-electron chi connectivity index (χ2n) is 5.26. The number of aliphatic imine (C=N–C) groups is 1. The van der Waals surface area contributed by atoms with E-state index in [0.29, 0.717) is 5.96 Å². The van der Waals surface area contributed by atoms with Crippen LogP contribution in [0.25, 0.3) is 0 Å². The van der Waals surface area contributed by atoms with Gasteiger partial charge in [-0.3, -0.25) is 9.67 Å². The van der Waals surface area contributed by atoms with Crippen LogP contribution in [0.4, 0.5) is 0 Å². The van der Waals surface area contributed by atoms with E-state index in [0.717, 1.165) is 38.2 Å². The standard InChI is InChI=1S/C15H29N5.HI/c1-4-5-6-7-9-17-15(16)18-10-8-11-20-14(3)12-13(2)19-20;/h12H,4-11H2,1-3H3,(H3,16,17,18);1H. The van der Waals surface area contributed by atoms with Gasteiger partial charge in [0, 0.05) is 25.3 Å². The molecule has 0 aliphatic carbocycles. The molecule has 0 spiro atoms. The number of hydrogen-bond donors (Lipinski definition) is 2. The van der Waals surface area contributed by atoms with Crippen LogP contribution in [0.5, 0.6) is 0 Å². The molecule has 0 saturated carbocycles. The molecule has 0 aliphatic rings. The summed E-state index contributed by atoms with van der Waals surface area (Å²) in [5, 5.41) is 7.59. The van der Waals surface area contributed by atoms with E-state index < -0.39 is 0 Å². The number of unbranched alkanes of at least 4 members (excludes halogenated alkanes) is 3. The molecule has 3 N–H and O–H groups in total. The molecular weight excluding hydrogens is 377 g/mol. The Labute approximate surface area is 145 Å². The maximum atomic E-state index is 5.82. The van der Waals surface area contributed by atoms with E-state index in [1.165, 1.54) is 25.0 Å². The van der Waals surface area contributed by atoms with Crippen molar-refractivity contribution < 1.29 is 0 Å². The lowest BCUT2D eigenvalue weighted by atomic mass is 10.2. The van der Waals surface area contributed by atoms with E-state index >= 15 is 0 Å². The van der Waals surface area contributed by atoms with Crippen LogP contribution < -0.4 is 11.1 Å². The Morgan fingerprint density at radius 1 is 1.29 bits per heavy atom. The van der Waals surface area contributed by atoms with Crippen molar-refractivity contribution >= 4 is 29.9 Å². The monoisotopic (exact) mass is 407 g/mol. The van der Waals surface area contributed by atoms with Crippen molar-refractivity contribution in [2.75, 3.05) is 13.1 Å². The summed E-state index contributed by atoms with van der Waals surface area (Å²) in [7, 11) is 0. The van der Waals surface area contributed by atoms with Crippen LogP contribution in [-0.2, 0) is 6.54 Å². The van der Waals surface area contributed by atoms with Crippen LogP contribution in [0.2, 0.25) is 0 Å². The molecule has 0 aliphatic heterocycles. The average molecular weight is 407 g/mol. The Bertz CT molecular complexity index is 414. The Hall–Kier alpha value is -0.790. The fourth-order valence-corrected chi connectivity index (χ4v) is 2.15. The normalized spacial score (nSPS) is 11.3. The number of aromatic nitrogens is 2. The third kappa shape index (κ3) is 8.95. The highest BCUT2D eigenvalue weighted by Gasteiger charge is 1.99. The molecule has 0 amide bonds. The quantitative estimate of drug-likeness (QED) is 0.286. The fourth-order valence-electron chi connectivity index (χ4n) is 2.15. The summed E-state index contributed by atoms with van der Waals surface area (Å²) in [6.45, 7) is 8.87. The minimum Gasteiger partial charge on any atom is -0.370 e. The fraction of sp³-hybridized carbons (Fsp3) is 0.733. The van der Waals surface area contributed by atoms with E-state index in [9.17, 15) is 0 Å². The Kier molecular flexibility index (Phi) is 11.4. The van der Waals surface area contributed by atoms with Crippen molar-refractivity contribution in [2.45, 2.75) is 59.4 Å². The topological polar surface area (TPSA) is 68.2 Å². The van der Waals surface area contributed by atoms with Crippen LogP contribution in [0.3, 0.4) is 0 Å². The van der Waals surface area contributed by atoms with Crippen molar-refractivity contribution in [3.05, 3.63) is 17.5 Å². The van der Waals surface area contributed by atoms with Crippen molar-refractivity contribution in [3.63, 3.8) is 0 Å². The van der Waals surface area contributed by atoms with Gasteiger partial charge < -0.3 is 11.1 Å². The number of guanidine groups is 1. The van der Waals surface area contributed by atoms with Crippen LogP contribution in [-0.4, -0.2) is 28.8 Å². The SMILES string of the molecule is CCCCCCNC(N)=NCCCn1nc(C)cc1C.I. The molecule has 0 fully saturated rings. The second-order valence-corrected chi connectivity index (χ2v) is 5.26. The lowest BCUT2D eigenvalue weighted by Gasteiger charge is -2.06. The molecule has 6 heteroatoms. The highest BCUT2D eigenvalue weighted by atomic mass is 127. The van der Waals surface area contributed by atoms with Crippen LogP contribution in [0, 0.1) is 13.8 Å². The lowest BCUT2D eigenvalue weighted by Crippen LogP contribution is -2.32. The third-order valence-electron chi connectivity index (χ3n) is 3.25. The van der Waals surface area contributed by atoms with Gasteiger partial charge in [0.05, 0.1) is 5.69 Å². The maximum absolute atomic E-state index is 5.82. The van der Waals surface area contributed by atoms with Gasteiger partial charge in [-0.25, -0.2) is 0 Å². The molecule has 0 atom stereocenters. The third-order valence-corrected chi connectivity index (χ3v) is 3.25. The highest BCUT2D eigenvalue weighted by molar-refractivity contribution is 14.0. The Balaban J connectivity index is 0.00000400. The predicted octanol–water partition coefficient (Wildman–Crippen LogP) is 2.99. The van der Waals surface area contributed by atoms with Crippen molar-refractivity contribution in [2.24, 2.45) is 10.7 Å². The first kappa shape index (κ1) is 20.2. The van der Waals surface area contributed by atoms with Gasteiger partial charge in [0.1, 0.15) is 0 Å². The van der Waals surface area contributed by atoms with Gasteiger partial charge in [-0.05, 0) is 32.8 Å². The summed E-state index contributed by atoms with van der Waals surface area (Å²) in [4.78, 5) is 4.34. The van der Waals surface area contributed by atoms with E-state index in [2.05, 4.69) is 35.3 Å².